The van der Waals surface area contributed by atoms with Crippen LogP contribution in [0.1, 0.15) is 31.0 Å². The summed E-state index contributed by atoms with van der Waals surface area (Å²) in [6.45, 7) is 8.26. The van der Waals surface area contributed by atoms with E-state index in [0.717, 1.165) is 40.8 Å². The molecule has 1 heterocycles. The molecule has 3 aromatic rings. The van der Waals surface area contributed by atoms with Gasteiger partial charge in [0.1, 0.15) is 0 Å². The Hall–Kier alpha value is -2.23. The summed E-state index contributed by atoms with van der Waals surface area (Å²) in [7, 11) is 0. The molecule has 0 bridgehead atoms. The minimum absolute atomic E-state index is 0.0301. The van der Waals surface area contributed by atoms with Crippen molar-refractivity contribution >= 4 is 10.9 Å². The van der Waals surface area contributed by atoms with Gasteiger partial charge in [0.05, 0.1) is 23.9 Å². The number of fused-ring (bicyclic) bond motifs is 1. The van der Waals surface area contributed by atoms with Crippen LogP contribution in [-0.4, -0.2) is 34.7 Å². The van der Waals surface area contributed by atoms with Crippen molar-refractivity contribution in [3.63, 3.8) is 0 Å². The molecule has 0 amide bonds. The van der Waals surface area contributed by atoms with E-state index in [0.29, 0.717) is 0 Å². The highest BCUT2D eigenvalue weighted by Gasteiger charge is 2.20. The Morgan fingerprint density at radius 2 is 1.72 bits per heavy atom. The lowest BCUT2D eigenvalue weighted by Gasteiger charge is -2.29. The number of hydrogen-bond acceptors (Lipinski definition) is 3. The number of aliphatic hydroxyl groups is 1. The van der Waals surface area contributed by atoms with Crippen LogP contribution in [0.3, 0.4) is 0 Å². The molecule has 1 unspecified atom stereocenters. The fraction of sp³-hybridized carbons (Fsp3) is 0.318. The number of para-hydroxylation sites is 1. The number of aliphatic hydroxyl groups excluding tert-OH is 1. The number of rotatable bonds is 6. The highest BCUT2D eigenvalue weighted by molar-refractivity contribution is 5.86. The van der Waals surface area contributed by atoms with Crippen LogP contribution in [0.5, 0.6) is 0 Å². The SMILES string of the molecule is CCN(CC)C(CO)c1cccc2cc(C)c(-c3ccccc3)nc12. The van der Waals surface area contributed by atoms with Crippen molar-refractivity contribution in [3.05, 3.63) is 65.7 Å². The van der Waals surface area contributed by atoms with Gasteiger partial charge >= 0.3 is 0 Å². The molecule has 1 N–H and O–H groups in total. The van der Waals surface area contributed by atoms with Crippen molar-refractivity contribution in [3.8, 4) is 11.3 Å². The predicted molar refractivity (Wildman–Crippen MR) is 105 cm³/mol. The van der Waals surface area contributed by atoms with Crippen LogP contribution in [-0.2, 0) is 0 Å². The highest BCUT2D eigenvalue weighted by Crippen LogP contribution is 2.31. The van der Waals surface area contributed by atoms with Crippen LogP contribution in [0.4, 0.5) is 0 Å². The molecule has 0 spiro atoms. The molecule has 0 aliphatic carbocycles. The van der Waals surface area contributed by atoms with Crippen molar-refractivity contribution in [2.45, 2.75) is 26.8 Å². The Balaban J connectivity index is 2.20. The molecule has 0 fully saturated rings. The first-order valence-electron chi connectivity index (χ1n) is 9.00. The van der Waals surface area contributed by atoms with Crippen LogP contribution in [0.15, 0.2) is 54.6 Å². The molecule has 0 saturated heterocycles. The Morgan fingerprint density at radius 3 is 2.36 bits per heavy atom. The van der Waals surface area contributed by atoms with Gasteiger partial charge in [-0.25, -0.2) is 4.98 Å². The van der Waals surface area contributed by atoms with Crippen molar-refractivity contribution in [1.82, 2.24) is 9.88 Å². The smallest absolute Gasteiger partial charge is 0.0758 e. The van der Waals surface area contributed by atoms with Gasteiger partial charge in [-0.3, -0.25) is 4.90 Å². The Morgan fingerprint density at radius 1 is 1.00 bits per heavy atom. The zero-order valence-corrected chi connectivity index (χ0v) is 15.2. The summed E-state index contributed by atoms with van der Waals surface area (Å²) in [5.74, 6) is 0. The maximum Gasteiger partial charge on any atom is 0.0758 e. The van der Waals surface area contributed by atoms with E-state index in [9.17, 15) is 5.11 Å². The van der Waals surface area contributed by atoms with Crippen LogP contribution >= 0.6 is 0 Å². The third kappa shape index (κ3) is 3.44. The third-order valence-corrected chi connectivity index (χ3v) is 4.90. The van der Waals surface area contributed by atoms with Gasteiger partial charge in [-0.1, -0.05) is 62.4 Å². The van der Waals surface area contributed by atoms with Gasteiger partial charge in [-0.15, -0.1) is 0 Å². The molecule has 2 aromatic carbocycles. The molecular formula is C22H26N2O. The molecule has 0 aliphatic rings. The normalized spacial score (nSPS) is 12.7. The number of aryl methyl sites for hydroxylation is 1. The quantitative estimate of drug-likeness (QED) is 0.716. The molecule has 130 valence electrons. The summed E-state index contributed by atoms with van der Waals surface area (Å²) in [6, 6.07) is 18.7. The lowest BCUT2D eigenvalue weighted by atomic mass is 9.98. The van der Waals surface area contributed by atoms with Gasteiger partial charge in [0.2, 0.25) is 0 Å². The van der Waals surface area contributed by atoms with E-state index in [-0.39, 0.29) is 12.6 Å². The van der Waals surface area contributed by atoms with Gasteiger partial charge < -0.3 is 5.11 Å². The van der Waals surface area contributed by atoms with Crippen LogP contribution in [0.2, 0.25) is 0 Å². The molecular weight excluding hydrogens is 308 g/mol. The van der Waals surface area contributed by atoms with E-state index in [1.165, 1.54) is 5.56 Å². The van der Waals surface area contributed by atoms with Gasteiger partial charge in [0.15, 0.2) is 0 Å². The zero-order valence-electron chi connectivity index (χ0n) is 15.2. The number of nitrogens with zero attached hydrogens (tertiary/aromatic N) is 2. The van der Waals surface area contributed by atoms with Gasteiger partial charge in [-0.05, 0) is 37.2 Å². The number of hydrogen-bond donors (Lipinski definition) is 1. The lowest BCUT2D eigenvalue weighted by molar-refractivity contribution is 0.134. The summed E-state index contributed by atoms with van der Waals surface area (Å²) in [6.07, 6.45) is 0. The van der Waals surface area contributed by atoms with Crippen molar-refractivity contribution in [2.24, 2.45) is 0 Å². The summed E-state index contributed by atoms with van der Waals surface area (Å²) >= 11 is 0. The minimum atomic E-state index is -0.0301. The number of aromatic nitrogens is 1. The maximum atomic E-state index is 10.0. The van der Waals surface area contributed by atoms with E-state index in [2.05, 4.69) is 62.1 Å². The van der Waals surface area contributed by atoms with Gasteiger partial charge in [0.25, 0.3) is 0 Å². The van der Waals surface area contributed by atoms with E-state index in [1.807, 2.05) is 18.2 Å². The second kappa shape index (κ2) is 7.77. The van der Waals surface area contributed by atoms with E-state index >= 15 is 0 Å². The Kier molecular flexibility index (Phi) is 5.47. The molecule has 3 heteroatoms. The molecule has 0 radical (unpaired) electrons. The van der Waals surface area contributed by atoms with E-state index in [4.69, 9.17) is 4.98 Å². The maximum absolute atomic E-state index is 10.0. The van der Waals surface area contributed by atoms with Crippen molar-refractivity contribution in [1.29, 1.82) is 0 Å². The summed E-state index contributed by atoms with van der Waals surface area (Å²) in [5, 5.41) is 11.2. The number of pyridine rings is 1. The van der Waals surface area contributed by atoms with Crippen LogP contribution in [0, 0.1) is 6.92 Å². The zero-order chi connectivity index (χ0) is 17.8. The number of benzene rings is 2. The third-order valence-electron chi connectivity index (χ3n) is 4.90. The predicted octanol–water partition coefficient (Wildman–Crippen LogP) is 4.59. The first kappa shape index (κ1) is 17.6. The largest absolute Gasteiger partial charge is 0.394 e. The molecule has 25 heavy (non-hydrogen) atoms. The number of likely N-dealkylation sites (N-methyl/N-ethyl adjacent to an activating group) is 1. The Bertz CT molecular complexity index is 841. The summed E-state index contributed by atoms with van der Waals surface area (Å²) in [5.41, 5.74) is 5.38. The minimum Gasteiger partial charge on any atom is -0.394 e. The fourth-order valence-electron chi connectivity index (χ4n) is 3.56. The van der Waals surface area contributed by atoms with Crippen molar-refractivity contribution < 1.29 is 5.11 Å². The molecule has 0 saturated carbocycles. The second-order valence-corrected chi connectivity index (χ2v) is 6.36. The highest BCUT2D eigenvalue weighted by atomic mass is 16.3. The molecule has 1 aromatic heterocycles. The average Bonchev–Trinajstić information content (AvgIpc) is 2.65. The lowest BCUT2D eigenvalue weighted by Crippen LogP contribution is -2.31. The summed E-state index contributed by atoms with van der Waals surface area (Å²) in [4.78, 5) is 7.30. The molecule has 3 nitrogen and oxygen atoms in total. The van der Waals surface area contributed by atoms with E-state index in [1.54, 1.807) is 0 Å². The monoisotopic (exact) mass is 334 g/mol. The molecule has 1 atom stereocenters. The molecule has 3 rings (SSSR count). The second-order valence-electron chi connectivity index (χ2n) is 6.36. The van der Waals surface area contributed by atoms with Crippen LogP contribution < -0.4 is 0 Å². The first-order chi connectivity index (χ1) is 12.2. The van der Waals surface area contributed by atoms with Gasteiger partial charge in [-0.2, -0.15) is 0 Å². The average molecular weight is 334 g/mol. The standard InChI is InChI=1S/C22H26N2O/c1-4-24(5-2)20(15-25)19-13-9-12-18-14-16(3)21(23-22(18)19)17-10-7-6-8-11-17/h6-14,20,25H,4-5,15H2,1-3H3. The van der Waals surface area contributed by atoms with Crippen LogP contribution in [0.25, 0.3) is 22.2 Å². The molecule has 0 aliphatic heterocycles. The van der Waals surface area contributed by atoms with Crippen molar-refractivity contribution in [2.75, 3.05) is 19.7 Å². The van der Waals surface area contributed by atoms with E-state index < -0.39 is 0 Å². The first-order valence-corrected chi connectivity index (χ1v) is 9.00. The topological polar surface area (TPSA) is 36.4 Å². The van der Waals surface area contributed by atoms with Gasteiger partial charge in [0, 0.05) is 10.9 Å². The fourth-order valence-corrected chi connectivity index (χ4v) is 3.56. The summed E-state index contributed by atoms with van der Waals surface area (Å²) < 4.78 is 0. The Labute approximate surface area is 149 Å².